The molecule has 5 rings (SSSR count). The summed E-state index contributed by atoms with van der Waals surface area (Å²) < 4.78 is 47.2. The molecule has 3 aromatic rings. The molecule has 2 aliphatic rings. The van der Waals surface area contributed by atoms with Gasteiger partial charge in [0.2, 0.25) is 0 Å². The summed E-state index contributed by atoms with van der Waals surface area (Å²) >= 11 is 0. The fraction of sp³-hybridized carbons (Fsp3) is 0.385. The van der Waals surface area contributed by atoms with Gasteiger partial charge in [-0.2, -0.15) is 13.2 Å². The van der Waals surface area contributed by atoms with Crippen LogP contribution in [0, 0.1) is 0 Å². The minimum Gasteiger partial charge on any atom is -0.542 e. The molecule has 0 aliphatic carbocycles. The van der Waals surface area contributed by atoms with Crippen molar-refractivity contribution in [1.82, 2.24) is 9.47 Å². The maximum absolute atomic E-state index is 13.0. The second-order valence-corrected chi connectivity index (χ2v) is 8.97. The predicted molar refractivity (Wildman–Crippen MR) is 126 cm³/mol. The number of aliphatic hydroxyl groups is 1. The quantitative estimate of drug-likeness (QED) is 0.346. The number of imidazole rings is 1. The average Bonchev–Trinajstić information content (AvgIpc) is 3.57. The zero-order valence-electron chi connectivity index (χ0n) is 20.9. The zero-order valence-corrected chi connectivity index (χ0v) is 20.9. The van der Waals surface area contributed by atoms with Crippen LogP contribution in [-0.2, 0) is 29.7 Å². The molecule has 0 unspecified atom stereocenters. The van der Waals surface area contributed by atoms with Crippen LogP contribution in [0.3, 0.4) is 0 Å². The number of aliphatic hydroxyl groups excluding tert-OH is 1. The number of halogens is 3. The summed E-state index contributed by atoms with van der Waals surface area (Å²) in [6.45, 7) is 1.69. The van der Waals surface area contributed by atoms with Crippen LogP contribution in [0.15, 0.2) is 42.5 Å². The molecule has 13 heteroatoms. The first-order valence-corrected chi connectivity index (χ1v) is 12.1. The van der Waals surface area contributed by atoms with Crippen LogP contribution in [-0.4, -0.2) is 64.5 Å². The number of aromatic nitrogens is 2. The van der Waals surface area contributed by atoms with Gasteiger partial charge in [-0.05, 0) is 37.1 Å². The van der Waals surface area contributed by atoms with Gasteiger partial charge in [-0.3, -0.25) is 14.5 Å². The first kappa shape index (κ1) is 28.0. The fourth-order valence-corrected chi connectivity index (χ4v) is 4.63. The Hall–Kier alpha value is -3.97. The molecule has 1 fully saturated rings. The molecule has 0 bridgehead atoms. The number of nitrogens with zero attached hydrogens (tertiary/aromatic N) is 3. The number of hydrogen-bond donors (Lipinski definition) is 1. The molecule has 2 aromatic carbocycles. The number of rotatable bonds is 7. The van der Waals surface area contributed by atoms with Crippen molar-refractivity contribution in [3.8, 4) is 5.75 Å². The standard InChI is InChI=1S/C24H26N3O5.C2HF3O2/c1-25-20-9-8-16(32-12-10-28)13-21(20)26(14-17-5-4-11-31-17)22(25)15-27-23(29)18-6-2-3-7-19(18)24(27)30;3-2(4,5)1(6)7/h2-3,6-9,13,17,28H,4-5,10-12,14-15H2,1H3;(H,6,7)/q+1;/p-1/t17-;/m0./s1. The number of benzene rings is 2. The first-order chi connectivity index (χ1) is 18.5. The van der Waals surface area contributed by atoms with E-state index < -0.39 is 12.1 Å². The Morgan fingerprint density at radius 3 is 2.36 bits per heavy atom. The summed E-state index contributed by atoms with van der Waals surface area (Å²) in [5.74, 6) is -2.06. The van der Waals surface area contributed by atoms with E-state index in [1.807, 2.05) is 29.8 Å². The van der Waals surface area contributed by atoms with E-state index in [1.54, 1.807) is 24.3 Å². The van der Waals surface area contributed by atoms with Crippen molar-refractivity contribution < 1.29 is 51.8 Å². The number of aryl methyl sites for hydroxylation is 1. The Balaban J connectivity index is 0.000000448. The Kier molecular flexibility index (Phi) is 8.21. The van der Waals surface area contributed by atoms with Crippen LogP contribution >= 0.6 is 0 Å². The maximum Gasteiger partial charge on any atom is 0.430 e. The van der Waals surface area contributed by atoms with E-state index in [-0.39, 0.29) is 37.7 Å². The number of aliphatic carboxylic acids is 1. The average molecular weight is 550 g/mol. The molecule has 10 nitrogen and oxygen atoms in total. The SMILES string of the molecule is C[n+]1c(CN2C(=O)c3ccccc3C2=O)n(C[C@@H]2CCCO2)c2cc(OCCO)ccc21.O=C([O-])C(F)(F)F. The van der Waals surface area contributed by atoms with Gasteiger partial charge >= 0.3 is 6.18 Å². The van der Waals surface area contributed by atoms with Crippen molar-refractivity contribution in [3.63, 3.8) is 0 Å². The number of carbonyl (C=O) groups is 3. The van der Waals surface area contributed by atoms with Crippen molar-refractivity contribution in [2.24, 2.45) is 7.05 Å². The minimum absolute atomic E-state index is 0.0618. The van der Waals surface area contributed by atoms with Gasteiger partial charge in [-0.25, -0.2) is 9.13 Å². The Bertz CT molecular complexity index is 1360. The molecule has 0 spiro atoms. The maximum atomic E-state index is 13.0. The lowest BCUT2D eigenvalue weighted by atomic mass is 10.1. The second kappa shape index (κ2) is 11.4. The normalized spacial score (nSPS) is 16.8. The highest BCUT2D eigenvalue weighted by Gasteiger charge is 2.39. The van der Waals surface area contributed by atoms with Gasteiger partial charge in [0.05, 0.1) is 30.9 Å². The molecule has 1 atom stereocenters. The third kappa shape index (κ3) is 5.88. The third-order valence-electron chi connectivity index (χ3n) is 6.48. The summed E-state index contributed by atoms with van der Waals surface area (Å²) in [7, 11) is 1.94. The molecule has 1 saturated heterocycles. The highest BCUT2D eigenvalue weighted by Crippen LogP contribution is 2.27. The number of alkyl halides is 3. The third-order valence-corrected chi connectivity index (χ3v) is 6.48. The number of carboxylic acids is 1. The Morgan fingerprint density at radius 1 is 1.18 bits per heavy atom. The molecular weight excluding hydrogens is 523 g/mol. The van der Waals surface area contributed by atoms with E-state index in [2.05, 4.69) is 4.57 Å². The zero-order chi connectivity index (χ0) is 28.3. The number of hydrogen-bond acceptors (Lipinski definition) is 7. The number of carbonyl (C=O) groups excluding carboxylic acids is 3. The summed E-state index contributed by atoms with van der Waals surface area (Å²) in [5.41, 5.74) is 2.79. The van der Waals surface area contributed by atoms with E-state index in [1.165, 1.54) is 4.90 Å². The topological polar surface area (TPSA) is 125 Å². The van der Waals surface area contributed by atoms with E-state index in [9.17, 15) is 22.8 Å². The van der Waals surface area contributed by atoms with Crippen molar-refractivity contribution in [2.75, 3.05) is 19.8 Å². The van der Waals surface area contributed by atoms with Gasteiger partial charge in [-0.15, -0.1) is 0 Å². The van der Waals surface area contributed by atoms with Gasteiger partial charge in [0.1, 0.15) is 31.4 Å². The van der Waals surface area contributed by atoms with E-state index in [0.717, 1.165) is 36.3 Å². The number of ether oxygens (including phenoxy) is 2. The van der Waals surface area contributed by atoms with Crippen molar-refractivity contribution in [2.45, 2.75) is 38.2 Å². The van der Waals surface area contributed by atoms with Gasteiger partial charge < -0.3 is 24.5 Å². The second-order valence-electron chi connectivity index (χ2n) is 8.97. The number of carboxylic acid groups (broad SMARTS) is 1. The monoisotopic (exact) mass is 549 g/mol. The molecule has 2 amide bonds. The molecule has 2 aliphatic heterocycles. The van der Waals surface area contributed by atoms with Crippen molar-refractivity contribution in [1.29, 1.82) is 0 Å². The Labute approximate surface area is 220 Å². The van der Waals surface area contributed by atoms with Crippen molar-refractivity contribution >= 4 is 28.8 Å². The van der Waals surface area contributed by atoms with E-state index in [0.29, 0.717) is 23.4 Å². The van der Waals surface area contributed by atoms with Crippen LogP contribution in [0.2, 0.25) is 0 Å². The van der Waals surface area contributed by atoms with Crippen LogP contribution in [0.4, 0.5) is 13.2 Å². The number of imide groups is 1. The summed E-state index contributed by atoms with van der Waals surface area (Å²) in [6, 6.07) is 12.7. The van der Waals surface area contributed by atoms with Gasteiger partial charge in [-0.1, -0.05) is 12.1 Å². The van der Waals surface area contributed by atoms with E-state index in [4.69, 9.17) is 24.5 Å². The van der Waals surface area contributed by atoms with Crippen LogP contribution in [0.25, 0.3) is 11.0 Å². The van der Waals surface area contributed by atoms with Crippen LogP contribution in [0.1, 0.15) is 39.4 Å². The Morgan fingerprint density at radius 2 is 1.82 bits per heavy atom. The largest absolute Gasteiger partial charge is 0.542 e. The number of fused-ring (bicyclic) bond motifs is 2. The highest BCUT2D eigenvalue weighted by atomic mass is 19.4. The van der Waals surface area contributed by atoms with E-state index >= 15 is 0 Å². The lowest BCUT2D eigenvalue weighted by Crippen LogP contribution is -2.40. The molecule has 0 saturated carbocycles. The summed E-state index contributed by atoms with van der Waals surface area (Å²) in [4.78, 5) is 36.1. The van der Waals surface area contributed by atoms with Crippen LogP contribution in [0.5, 0.6) is 5.75 Å². The van der Waals surface area contributed by atoms with Crippen molar-refractivity contribution in [3.05, 3.63) is 59.4 Å². The highest BCUT2D eigenvalue weighted by molar-refractivity contribution is 6.21. The smallest absolute Gasteiger partial charge is 0.430 e. The molecule has 1 aromatic heterocycles. The number of amides is 2. The minimum atomic E-state index is -5.19. The molecule has 1 N–H and O–H groups in total. The predicted octanol–water partition coefficient (Wildman–Crippen LogP) is 1.11. The van der Waals surface area contributed by atoms with Gasteiger partial charge in [0, 0.05) is 12.7 Å². The summed E-state index contributed by atoms with van der Waals surface area (Å²) in [5, 5.41) is 17.9. The first-order valence-electron chi connectivity index (χ1n) is 12.1. The summed E-state index contributed by atoms with van der Waals surface area (Å²) in [6.07, 6.45) is -3.13. The van der Waals surface area contributed by atoms with Crippen LogP contribution < -0.4 is 14.4 Å². The van der Waals surface area contributed by atoms with Gasteiger partial charge in [0.25, 0.3) is 17.6 Å². The van der Waals surface area contributed by atoms with Gasteiger partial charge in [0.15, 0.2) is 11.0 Å². The molecule has 208 valence electrons. The molecule has 3 heterocycles. The lowest BCUT2D eigenvalue weighted by molar-refractivity contribution is -0.654. The fourth-order valence-electron chi connectivity index (χ4n) is 4.63. The molecule has 0 radical (unpaired) electrons. The lowest BCUT2D eigenvalue weighted by Gasteiger charge is -2.14. The molecular formula is C26H26F3N3O7. The molecule has 39 heavy (non-hydrogen) atoms.